The van der Waals surface area contributed by atoms with E-state index in [2.05, 4.69) is 41.7 Å². The van der Waals surface area contributed by atoms with Crippen LogP contribution in [0.3, 0.4) is 0 Å². The molecule has 2 nitrogen and oxygen atoms in total. The van der Waals surface area contributed by atoms with Gasteiger partial charge in [0.15, 0.2) is 0 Å². The quantitative estimate of drug-likeness (QED) is 0.939. The van der Waals surface area contributed by atoms with Crippen LogP contribution in [0.5, 0.6) is 0 Å². The molecular formula is C17H19NOS. The maximum Gasteiger partial charge on any atom is 0.0753 e. The number of hydrogen-bond acceptors (Lipinski definition) is 2. The first-order valence-electron chi connectivity index (χ1n) is 7.04. The summed E-state index contributed by atoms with van der Waals surface area (Å²) in [4.78, 5) is 0. The van der Waals surface area contributed by atoms with Gasteiger partial charge >= 0.3 is 0 Å². The molecule has 1 aliphatic rings. The van der Waals surface area contributed by atoms with E-state index in [1.807, 2.05) is 24.3 Å². The summed E-state index contributed by atoms with van der Waals surface area (Å²) in [5.41, 5.74) is 2.48. The Kier molecular flexibility index (Phi) is 4.28. The van der Waals surface area contributed by atoms with Crippen LogP contribution in [-0.2, 0) is 17.2 Å². The highest BCUT2D eigenvalue weighted by Crippen LogP contribution is 2.28. The second kappa shape index (κ2) is 6.33. The molecule has 3 rings (SSSR count). The second-order valence-electron chi connectivity index (χ2n) is 5.17. The summed E-state index contributed by atoms with van der Waals surface area (Å²) in [5.74, 6) is 0.741. The maximum absolute atomic E-state index is 12.5. The zero-order valence-electron chi connectivity index (χ0n) is 11.4. The summed E-state index contributed by atoms with van der Waals surface area (Å²) in [6.07, 6.45) is 0.923. The first-order chi connectivity index (χ1) is 9.84. The highest BCUT2D eigenvalue weighted by molar-refractivity contribution is 7.85. The molecule has 20 heavy (non-hydrogen) atoms. The summed E-state index contributed by atoms with van der Waals surface area (Å²) in [5, 5.41) is 3.64. The van der Waals surface area contributed by atoms with Gasteiger partial charge < -0.3 is 5.32 Å². The average molecular weight is 285 g/mol. The van der Waals surface area contributed by atoms with Gasteiger partial charge in [0.2, 0.25) is 0 Å². The van der Waals surface area contributed by atoms with Gasteiger partial charge in [-0.15, -0.1) is 0 Å². The Bertz CT molecular complexity index is 570. The predicted molar refractivity (Wildman–Crippen MR) is 84.1 cm³/mol. The third kappa shape index (κ3) is 3.00. The van der Waals surface area contributed by atoms with E-state index < -0.39 is 10.8 Å². The average Bonchev–Trinajstić information content (AvgIpc) is 2.49. The normalized spacial score (nSPS) is 26.3. The largest absolute Gasteiger partial charge is 0.311 e. The van der Waals surface area contributed by atoms with Crippen LogP contribution in [0, 0.1) is 0 Å². The molecule has 0 radical (unpaired) electrons. The molecule has 1 fully saturated rings. The summed E-state index contributed by atoms with van der Waals surface area (Å²) in [6, 6.07) is 20.9. The standard InChI is InChI=1S/C17H19NOS/c19-20-12-11-18-16(13-14-7-3-1-4-8-14)17(20)15-9-5-2-6-10-15/h1-10,16-18H,11-13H2. The summed E-state index contributed by atoms with van der Waals surface area (Å²) in [6.45, 7) is 0.841. The van der Waals surface area contributed by atoms with E-state index in [0.717, 1.165) is 18.7 Å². The van der Waals surface area contributed by atoms with Gasteiger partial charge in [0.05, 0.1) is 5.25 Å². The zero-order valence-corrected chi connectivity index (χ0v) is 12.2. The van der Waals surface area contributed by atoms with Crippen molar-refractivity contribution in [3.63, 3.8) is 0 Å². The molecule has 3 unspecified atom stereocenters. The number of hydrogen-bond donors (Lipinski definition) is 1. The SMILES string of the molecule is O=S1CCNC(Cc2ccccc2)C1c1ccccc1. The molecule has 0 saturated carbocycles. The fourth-order valence-corrected chi connectivity index (χ4v) is 4.43. The summed E-state index contributed by atoms with van der Waals surface area (Å²) < 4.78 is 12.5. The van der Waals surface area contributed by atoms with Crippen LogP contribution < -0.4 is 5.32 Å². The van der Waals surface area contributed by atoms with E-state index in [9.17, 15) is 4.21 Å². The minimum Gasteiger partial charge on any atom is -0.311 e. The Morgan fingerprint density at radius 2 is 1.65 bits per heavy atom. The van der Waals surface area contributed by atoms with E-state index in [4.69, 9.17) is 0 Å². The molecule has 1 N–H and O–H groups in total. The van der Waals surface area contributed by atoms with Crippen molar-refractivity contribution in [3.8, 4) is 0 Å². The second-order valence-corrected chi connectivity index (χ2v) is 6.84. The number of rotatable bonds is 3. The Labute approximate surface area is 122 Å². The molecule has 3 atom stereocenters. The highest BCUT2D eigenvalue weighted by atomic mass is 32.2. The van der Waals surface area contributed by atoms with Gasteiger partial charge in [0.25, 0.3) is 0 Å². The fraction of sp³-hybridized carbons (Fsp3) is 0.294. The lowest BCUT2D eigenvalue weighted by atomic mass is 9.98. The van der Waals surface area contributed by atoms with Crippen molar-refractivity contribution >= 4 is 10.8 Å². The van der Waals surface area contributed by atoms with Gasteiger partial charge in [-0.3, -0.25) is 4.21 Å². The van der Waals surface area contributed by atoms with Crippen molar-refractivity contribution in [2.45, 2.75) is 17.7 Å². The van der Waals surface area contributed by atoms with Crippen molar-refractivity contribution in [1.29, 1.82) is 0 Å². The predicted octanol–water partition coefficient (Wildman–Crippen LogP) is 2.69. The third-order valence-corrected chi connectivity index (χ3v) is 5.56. The molecule has 1 heterocycles. The Morgan fingerprint density at radius 3 is 2.35 bits per heavy atom. The van der Waals surface area contributed by atoms with E-state index in [0.29, 0.717) is 0 Å². The van der Waals surface area contributed by atoms with Gasteiger partial charge in [-0.25, -0.2) is 0 Å². The van der Waals surface area contributed by atoms with Gasteiger partial charge in [0.1, 0.15) is 0 Å². The zero-order chi connectivity index (χ0) is 13.8. The van der Waals surface area contributed by atoms with Crippen LogP contribution in [0.25, 0.3) is 0 Å². The van der Waals surface area contributed by atoms with Crippen molar-refractivity contribution in [1.82, 2.24) is 5.32 Å². The Hall–Kier alpha value is -1.45. The van der Waals surface area contributed by atoms with Crippen LogP contribution in [0.2, 0.25) is 0 Å². The van der Waals surface area contributed by atoms with Crippen LogP contribution in [-0.4, -0.2) is 22.5 Å². The molecule has 2 aromatic rings. The minimum absolute atomic E-state index is 0.0881. The van der Waals surface area contributed by atoms with Crippen molar-refractivity contribution in [2.75, 3.05) is 12.3 Å². The van der Waals surface area contributed by atoms with E-state index in [-0.39, 0.29) is 11.3 Å². The van der Waals surface area contributed by atoms with Gasteiger partial charge in [0, 0.05) is 29.1 Å². The van der Waals surface area contributed by atoms with Crippen molar-refractivity contribution in [3.05, 3.63) is 71.8 Å². The van der Waals surface area contributed by atoms with E-state index in [1.165, 1.54) is 11.1 Å². The molecule has 0 aromatic heterocycles. The highest BCUT2D eigenvalue weighted by Gasteiger charge is 2.31. The Morgan fingerprint density at radius 1 is 1.00 bits per heavy atom. The minimum atomic E-state index is -0.795. The molecule has 0 spiro atoms. The summed E-state index contributed by atoms with van der Waals surface area (Å²) in [7, 11) is -0.795. The number of nitrogens with one attached hydrogen (secondary N) is 1. The monoisotopic (exact) mass is 285 g/mol. The molecule has 0 amide bonds. The van der Waals surface area contributed by atoms with E-state index in [1.54, 1.807) is 0 Å². The first-order valence-corrected chi connectivity index (χ1v) is 8.42. The van der Waals surface area contributed by atoms with Crippen LogP contribution >= 0.6 is 0 Å². The van der Waals surface area contributed by atoms with Crippen LogP contribution in [0.1, 0.15) is 16.4 Å². The third-order valence-electron chi connectivity index (χ3n) is 3.78. The van der Waals surface area contributed by atoms with E-state index >= 15 is 0 Å². The smallest absolute Gasteiger partial charge is 0.0753 e. The summed E-state index contributed by atoms with van der Waals surface area (Å²) >= 11 is 0. The maximum atomic E-state index is 12.5. The molecule has 0 bridgehead atoms. The van der Waals surface area contributed by atoms with Gasteiger partial charge in [-0.2, -0.15) is 0 Å². The molecule has 1 saturated heterocycles. The van der Waals surface area contributed by atoms with Crippen LogP contribution in [0.4, 0.5) is 0 Å². The lowest BCUT2D eigenvalue weighted by Crippen LogP contribution is -2.46. The molecule has 2 aromatic carbocycles. The number of benzene rings is 2. The molecule has 0 aliphatic carbocycles. The Balaban J connectivity index is 1.85. The first kappa shape index (κ1) is 13.5. The molecule has 3 heteroatoms. The fourth-order valence-electron chi connectivity index (χ4n) is 2.84. The lowest BCUT2D eigenvalue weighted by molar-refractivity contribution is 0.485. The molecule has 104 valence electrons. The van der Waals surface area contributed by atoms with Crippen molar-refractivity contribution < 1.29 is 4.21 Å². The van der Waals surface area contributed by atoms with Gasteiger partial charge in [-0.1, -0.05) is 60.7 Å². The molecule has 1 aliphatic heterocycles. The van der Waals surface area contributed by atoms with Crippen LogP contribution in [0.15, 0.2) is 60.7 Å². The van der Waals surface area contributed by atoms with Crippen molar-refractivity contribution in [2.24, 2.45) is 0 Å². The molecular weight excluding hydrogens is 266 g/mol. The topological polar surface area (TPSA) is 29.1 Å². The lowest BCUT2D eigenvalue weighted by Gasteiger charge is -2.32. The van der Waals surface area contributed by atoms with Gasteiger partial charge in [-0.05, 0) is 17.5 Å².